The van der Waals surface area contributed by atoms with Gasteiger partial charge in [0.1, 0.15) is 17.3 Å². The number of nitrogens with two attached hydrogens (primary N) is 1. The van der Waals surface area contributed by atoms with Crippen molar-refractivity contribution in [3.8, 4) is 11.5 Å². The van der Waals surface area contributed by atoms with E-state index in [1.54, 1.807) is 20.4 Å². The Balaban J connectivity index is 2.52. The van der Waals surface area contributed by atoms with Gasteiger partial charge in [-0.25, -0.2) is 4.98 Å². The van der Waals surface area contributed by atoms with E-state index >= 15 is 0 Å². The van der Waals surface area contributed by atoms with Gasteiger partial charge in [0, 0.05) is 17.8 Å². The van der Waals surface area contributed by atoms with E-state index in [9.17, 15) is 0 Å². The van der Waals surface area contributed by atoms with Crippen molar-refractivity contribution in [2.45, 2.75) is 13.0 Å². The minimum atomic E-state index is -0.0820. The number of benzene rings is 1. The van der Waals surface area contributed by atoms with Crippen LogP contribution in [0, 0.1) is 6.92 Å². The molecule has 0 saturated heterocycles. The second-order valence-electron chi connectivity index (χ2n) is 4.85. The lowest BCUT2D eigenvalue weighted by Gasteiger charge is -2.20. The van der Waals surface area contributed by atoms with Gasteiger partial charge in [-0.15, -0.1) is 0 Å². The Hall–Kier alpha value is -2.27. The number of nitrogens with one attached hydrogen (secondary N) is 1. The first kappa shape index (κ1) is 15.1. The minimum absolute atomic E-state index is 0.0820. The summed E-state index contributed by atoms with van der Waals surface area (Å²) in [5, 5.41) is 3.27. The molecule has 5 nitrogen and oxygen atoms in total. The quantitative estimate of drug-likeness (QED) is 0.883. The van der Waals surface area contributed by atoms with E-state index < -0.39 is 0 Å². The van der Waals surface area contributed by atoms with Crippen LogP contribution in [0.3, 0.4) is 0 Å². The molecular weight excluding hydrogens is 266 g/mol. The first-order valence-electron chi connectivity index (χ1n) is 6.71. The molecule has 21 heavy (non-hydrogen) atoms. The fourth-order valence-electron chi connectivity index (χ4n) is 2.33. The molecule has 0 fully saturated rings. The van der Waals surface area contributed by atoms with Gasteiger partial charge >= 0.3 is 0 Å². The summed E-state index contributed by atoms with van der Waals surface area (Å²) in [6.07, 6.45) is 1.76. The van der Waals surface area contributed by atoms with Crippen LogP contribution < -0.4 is 20.5 Å². The van der Waals surface area contributed by atoms with Gasteiger partial charge in [0.2, 0.25) is 0 Å². The lowest BCUT2D eigenvalue weighted by Crippen LogP contribution is -2.20. The lowest BCUT2D eigenvalue weighted by molar-refractivity contribution is 0.392. The zero-order valence-electron chi connectivity index (χ0n) is 12.8. The highest BCUT2D eigenvalue weighted by atomic mass is 16.5. The van der Waals surface area contributed by atoms with Crippen molar-refractivity contribution in [3.05, 3.63) is 47.2 Å². The third-order valence-electron chi connectivity index (χ3n) is 3.39. The van der Waals surface area contributed by atoms with Crippen LogP contribution in [0.15, 0.2) is 30.5 Å². The van der Waals surface area contributed by atoms with E-state index in [1.165, 1.54) is 0 Å². The number of hydrogen-bond acceptors (Lipinski definition) is 5. The fraction of sp³-hybridized carbons (Fsp3) is 0.312. The molecule has 0 spiro atoms. The van der Waals surface area contributed by atoms with Gasteiger partial charge in [0.15, 0.2) is 0 Å². The maximum atomic E-state index is 6.03. The number of methoxy groups -OCH3 is 2. The van der Waals surface area contributed by atoms with E-state index in [1.807, 2.05) is 38.2 Å². The first-order chi connectivity index (χ1) is 10.1. The van der Waals surface area contributed by atoms with Crippen molar-refractivity contribution in [2.75, 3.05) is 27.0 Å². The molecule has 1 aromatic carbocycles. The molecule has 112 valence electrons. The van der Waals surface area contributed by atoms with Gasteiger partial charge in [0.05, 0.1) is 20.3 Å². The lowest BCUT2D eigenvalue weighted by atomic mass is 9.98. The Morgan fingerprint density at radius 1 is 1.10 bits per heavy atom. The van der Waals surface area contributed by atoms with E-state index in [4.69, 9.17) is 15.2 Å². The Morgan fingerprint density at radius 2 is 1.71 bits per heavy atom. The predicted octanol–water partition coefficient (Wildman–Crippen LogP) is 2.30. The molecule has 0 amide bonds. The van der Waals surface area contributed by atoms with Crippen LogP contribution in [0.25, 0.3) is 0 Å². The number of ether oxygens (including phenoxy) is 2. The van der Waals surface area contributed by atoms with Gasteiger partial charge in [-0.3, -0.25) is 0 Å². The average Bonchev–Trinajstić information content (AvgIpc) is 2.51. The summed E-state index contributed by atoms with van der Waals surface area (Å²) >= 11 is 0. The molecule has 2 aromatic rings. The summed E-state index contributed by atoms with van der Waals surface area (Å²) in [5.41, 5.74) is 9.04. The van der Waals surface area contributed by atoms with Crippen LogP contribution in [-0.4, -0.2) is 26.3 Å². The molecule has 1 atom stereocenters. The molecule has 3 N–H and O–H groups in total. The average molecular weight is 287 g/mol. The number of anilines is 1. The van der Waals surface area contributed by atoms with Crippen molar-refractivity contribution < 1.29 is 9.47 Å². The largest absolute Gasteiger partial charge is 0.497 e. The molecule has 1 unspecified atom stereocenters. The molecule has 0 bridgehead atoms. The third-order valence-corrected chi connectivity index (χ3v) is 3.39. The Morgan fingerprint density at radius 3 is 2.24 bits per heavy atom. The van der Waals surface area contributed by atoms with Gasteiger partial charge in [0.25, 0.3) is 0 Å². The van der Waals surface area contributed by atoms with Crippen LogP contribution in [0.5, 0.6) is 11.5 Å². The van der Waals surface area contributed by atoms with E-state index in [-0.39, 0.29) is 6.04 Å². The molecule has 0 aliphatic carbocycles. The number of nitrogens with zero attached hydrogens (tertiary/aromatic N) is 1. The number of hydrogen-bond donors (Lipinski definition) is 2. The van der Waals surface area contributed by atoms with Gasteiger partial charge in [-0.2, -0.15) is 0 Å². The molecule has 0 saturated carbocycles. The smallest absolute Gasteiger partial charge is 0.128 e. The predicted molar refractivity (Wildman–Crippen MR) is 83.8 cm³/mol. The first-order valence-corrected chi connectivity index (χ1v) is 6.71. The number of rotatable bonds is 5. The van der Waals surface area contributed by atoms with Crippen LogP contribution in [0.4, 0.5) is 5.82 Å². The number of aromatic nitrogens is 1. The number of pyridine rings is 1. The molecule has 1 heterocycles. The van der Waals surface area contributed by atoms with E-state index in [2.05, 4.69) is 10.3 Å². The maximum Gasteiger partial charge on any atom is 0.128 e. The second-order valence-corrected chi connectivity index (χ2v) is 4.85. The van der Waals surface area contributed by atoms with E-state index in [0.29, 0.717) is 5.82 Å². The molecule has 0 aliphatic rings. The van der Waals surface area contributed by atoms with Crippen LogP contribution >= 0.6 is 0 Å². The van der Waals surface area contributed by atoms with Crippen LogP contribution in [-0.2, 0) is 0 Å². The Bertz CT molecular complexity index is 607. The van der Waals surface area contributed by atoms with E-state index in [0.717, 1.165) is 28.2 Å². The van der Waals surface area contributed by atoms with Crippen molar-refractivity contribution in [1.29, 1.82) is 0 Å². The maximum absolute atomic E-state index is 6.03. The van der Waals surface area contributed by atoms with Gasteiger partial charge < -0.3 is 20.5 Å². The minimum Gasteiger partial charge on any atom is -0.497 e. The summed E-state index contributed by atoms with van der Waals surface area (Å²) in [6.45, 7) is 1.99. The molecule has 0 radical (unpaired) electrons. The summed E-state index contributed by atoms with van der Waals surface area (Å²) in [4.78, 5) is 4.23. The standard InChI is InChI=1S/C16H21N3O2/c1-10-5-14(16(17)19-9-10)15(18-2)11-6-12(20-3)8-13(7-11)21-4/h5-9,15,18H,1-4H3,(H2,17,19). The topological polar surface area (TPSA) is 69.4 Å². The molecule has 0 aliphatic heterocycles. The zero-order chi connectivity index (χ0) is 15.4. The molecular formula is C16H21N3O2. The molecule has 1 aromatic heterocycles. The highest BCUT2D eigenvalue weighted by molar-refractivity contribution is 5.50. The Kier molecular flexibility index (Phi) is 4.65. The van der Waals surface area contributed by atoms with Crippen LogP contribution in [0.2, 0.25) is 0 Å². The Labute approximate surface area is 125 Å². The molecule has 2 rings (SSSR count). The number of aryl methyl sites for hydroxylation is 1. The summed E-state index contributed by atoms with van der Waals surface area (Å²) < 4.78 is 10.7. The van der Waals surface area contributed by atoms with Crippen molar-refractivity contribution in [1.82, 2.24) is 10.3 Å². The van der Waals surface area contributed by atoms with Crippen molar-refractivity contribution >= 4 is 5.82 Å². The summed E-state index contributed by atoms with van der Waals surface area (Å²) in [6, 6.07) is 7.72. The summed E-state index contributed by atoms with van der Waals surface area (Å²) in [5.74, 6) is 1.99. The molecule has 5 heteroatoms. The highest BCUT2D eigenvalue weighted by Gasteiger charge is 2.17. The highest BCUT2D eigenvalue weighted by Crippen LogP contribution is 2.31. The SMILES string of the molecule is CNC(c1cc(OC)cc(OC)c1)c1cc(C)cnc1N. The van der Waals surface area contributed by atoms with Gasteiger partial charge in [-0.05, 0) is 43.3 Å². The fourth-order valence-corrected chi connectivity index (χ4v) is 2.33. The monoisotopic (exact) mass is 287 g/mol. The normalized spacial score (nSPS) is 12.0. The summed E-state index contributed by atoms with van der Waals surface area (Å²) in [7, 11) is 5.16. The van der Waals surface area contributed by atoms with Gasteiger partial charge in [-0.1, -0.05) is 0 Å². The van der Waals surface area contributed by atoms with Crippen LogP contribution in [0.1, 0.15) is 22.7 Å². The second kappa shape index (κ2) is 6.45. The zero-order valence-corrected chi connectivity index (χ0v) is 12.8. The van der Waals surface area contributed by atoms with Crippen molar-refractivity contribution in [2.24, 2.45) is 0 Å². The third kappa shape index (κ3) is 3.25. The number of nitrogen functional groups attached to an aromatic ring is 1. The van der Waals surface area contributed by atoms with Crippen molar-refractivity contribution in [3.63, 3.8) is 0 Å².